The van der Waals surface area contributed by atoms with Gasteiger partial charge in [-0.25, -0.2) is 9.38 Å². The molecule has 0 bridgehead atoms. The lowest BCUT2D eigenvalue weighted by molar-refractivity contribution is -0.114. The predicted octanol–water partition coefficient (Wildman–Crippen LogP) is 3.48. The van der Waals surface area contributed by atoms with Crippen molar-refractivity contribution in [2.24, 2.45) is 16.5 Å². The van der Waals surface area contributed by atoms with Crippen LogP contribution in [0.3, 0.4) is 0 Å². The van der Waals surface area contributed by atoms with Gasteiger partial charge in [0.15, 0.2) is 0 Å². The Labute approximate surface area is 187 Å². The van der Waals surface area contributed by atoms with Crippen LogP contribution in [0.5, 0.6) is 0 Å². The van der Waals surface area contributed by atoms with Gasteiger partial charge in [-0.2, -0.15) is 5.26 Å². The minimum atomic E-state index is -0.743. The van der Waals surface area contributed by atoms with Gasteiger partial charge in [-0.05, 0) is 62.1 Å². The summed E-state index contributed by atoms with van der Waals surface area (Å²) in [6.45, 7) is 0. The monoisotopic (exact) mass is 434 g/mol. The molecule has 0 unspecified atom stereocenters. The van der Waals surface area contributed by atoms with Gasteiger partial charge in [0.2, 0.25) is 0 Å². The number of hydrogen-bond acceptors (Lipinski definition) is 5. The number of halogens is 1. The third-order valence-electron chi connectivity index (χ3n) is 5.65. The number of para-hydroxylation sites is 1. The van der Waals surface area contributed by atoms with Crippen LogP contribution in [-0.2, 0) is 4.79 Å². The first-order chi connectivity index (χ1) is 15.4. The lowest BCUT2D eigenvalue weighted by atomic mass is 9.77. The summed E-state index contributed by atoms with van der Waals surface area (Å²) in [5, 5.41) is 16.2. The number of carbonyl (C=O) groups is 1. The van der Waals surface area contributed by atoms with E-state index in [1.165, 1.54) is 30.5 Å². The summed E-state index contributed by atoms with van der Waals surface area (Å²) in [5.41, 5.74) is 12.5. The fourth-order valence-electron chi connectivity index (χ4n) is 3.82. The van der Waals surface area contributed by atoms with E-state index in [0.717, 1.165) is 31.4 Å². The molecule has 1 fully saturated rings. The second kappa shape index (κ2) is 10.4. The molecule has 166 valence electrons. The fourth-order valence-corrected chi connectivity index (χ4v) is 3.82. The van der Waals surface area contributed by atoms with Gasteiger partial charge in [-0.3, -0.25) is 4.79 Å². The molecular formula is C24H27FN6O. The van der Waals surface area contributed by atoms with Gasteiger partial charge in [-0.15, -0.1) is 0 Å². The maximum atomic E-state index is 13.1. The molecule has 2 aromatic rings. The molecule has 0 radical (unpaired) electrons. The van der Waals surface area contributed by atoms with Gasteiger partial charge in [0.05, 0.1) is 23.8 Å². The summed E-state index contributed by atoms with van der Waals surface area (Å²) in [5.74, 6) is -1.22. The average Bonchev–Trinajstić information content (AvgIpc) is 2.78. The maximum absolute atomic E-state index is 13.1. The van der Waals surface area contributed by atoms with E-state index in [1.54, 1.807) is 0 Å². The zero-order valence-electron chi connectivity index (χ0n) is 17.7. The van der Waals surface area contributed by atoms with Crippen LogP contribution >= 0.6 is 0 Å². The molecule has 0 spiro atoms. The zero-order chi connectivity index (χ0) is 23.0. The van der Waals surface area contributed by atoms with E-state index >= 15 is 0 Å². The van der Waals surface area contributed by atoms with Crippen LogP contribution in [0.25, 0.3) is 0 Å². The first kappa shape index (κ1) is 22.8. The zero-order valence-corrected chi connectivity index (χ0v) is 17.7. The Kier molecular flexibility index (Phi) is 7.45. The summed E-state index contributed by atoms with van der Waals surface area (Å²) in [4.78, 5) is 16.2. The predicted molar refractivity (Wildman–Crippen MR) is 123 cm³/mol. The largest absolute Gasteiger partial charge is 0.384 e. The van der Waals surface area contributed by atoms with Gasteiger partial charge in [-0.1, -0.05) is 18.2 Å². The second-order valence-electron chi connectivity index (χ2n) is 7.94. The number of primary amides is 1. The number of benzene rings is 2. The summed E-state index contributed by atoms with van der Waals surface area (Å²) in [6.07, 6.45) is 4.94. The lowest BCUT2D eigenvalue weighted by Crippen LogP contribution is -2.48. The topological polar surface area (TPSA) is 129 Å². The van der Waals surface area contributed by atoms with E-state index in [4.69, 9.17) is 11.5 Å². The highest BCUT2D eigenvalue weighted by molar-refractivity contribution is 6.20. The SMILES string of the molecule is N#CCC1(N/C=C(/C(N)=O)C(N)=Nc2ccc(F)cc2)CCC(Nc2ccccc2)CC1. The third kappa shape index (κ3) is 6.08. The van der Waals surface area contributed by atoms with Gasteiger partial charge >= 0.3 is 0 Å². The van der Waals surface area contributed by atoms with Crippen molar-refractivity contribution < 1.29 is 9.18 Å². The van der Waals surface area contributed by atoms with Crippen molar-refractivity contribution in [1.82, 2.24) is 5.32 Å². The molecular weight excluding hydrogens is 407 g/mol. The maximum Gasteiger partial charge on any atom is 0.253 e. The van der Waals surface area contributed by atoms with Crippen LogP contribution < -0.4 is 22.1 Å². The molecule has 8 heteroatoms. The molecule has 0 aromatic heterocycles. The standard InChI is InChI=1S/C24H27FN6O/c25-17-6-8-19(9-7-17)31-22(27)21(23(28)32)16-29-24(14-15-26)12-10-20(11-13-24)30-18-4-2-1-3-5-18/h1-9,16,20,29-30H,10-14H2,(H2,27,31)(H2,28,32)/b21-16+. The Morgan fingerprint density at radius 1 is 1.16 bits per heavy atom. The second-order valence-corrected chi connectivity index (χ2v) is 7.94. The van der Waals surface area contributed by atoms with Crippen LogP contribution in [0.1, 0.15) is 32.1 Å². The van der Waals surface area contributed by atoms with E-state index in [2.05, 4.69) is 21.7 Å². The van der Waals surface area contributed by atoms with Crippen molar-refractivity contribution in [2.75, 3.05) is 5.32 Å². The highest BCUT2D eigenvalue weighted by atomic mass is 19.1. The average molecular weight is 435 g/mol. The van der Waals surface area contributed by atoms with Gasteiger partial charge in [0.25, 0.3) is 5.91 Å². The molecule has 2 aromatic carbocycles. The summed E-state index contributed by atoms with van der Waals surface area (Å²) >= 11 is 0. The number of rotatable bonds is 8. The van der Waals surface area contributed by atoms with Gasteiger partial charge in [0.1, 0.15) is 11.7 Å². The molecule has 0 heterocycles. The molecule has 0 saturated heterocycles. The Hall–Kier alpha value is -3.86. The molecule has 0 aliphatic heterocycles. The number of amidine groups is 1. The number of carbonyl (C=O) groups excluding carboxylic acids is 1. The molecule has 1 aliphatic carbocycles. The number of nitrogens with zero attached hydrogens (tertiary/aromatic N) is 2. The molecule has 1 saturated carbocycles. The Morgan fingerprint density at radius 2 is 1.81 bits per heavy atom. The number of anilines is 1. The highest BCUT2D eigenvalue weighted by Gasteiger charge is 2.34. The van der Waals surface area contributed by atoms with Crippen molar-refractivity contribution in [3.05, 3.63) is 72.2 Å². The normalized spacial score (nSPS) is 21.4. The Morgan fingerprint density at radius 3 is 2.41 bits per heavy atom. The molecule has 1 aliphatic rings. The third-order valence-corrected chi connectivity index (χ3v) is 5.65. The molecule has 1 amide bonds. The number of nitriles is 1. The molecule has 32 heavy (non-hydrogen) atoms. The minimum Gasteiger partial charge on any atom is -0.384 e. The Bertz CT molecular complexity index is 1020. The highest BCUT2D eigenvalue weighted by Crippen LogP contribution is 2.32. The smallest absolute Gasteiger partial charge is 0.253 e. The van der Waals surface area contributed by atoms with Crippen LogP contribution in [-0.4, -0.2) is 23.3 Å². The van der Waals surface area contributed by atoms with Crippen LogP contribution in [0.15, 0.2) is 71.4 Å². The van der Waals surface area contributed by atoms with E-state index in [1.807, 2.05) is 30.3 Å². The van der Waals surface area contributed by atoms with Crippen molar-refractivity contribution in [2.45, 2.75) is 43.7 Å². The van der Waals surface area contributed by atoms with E-state index in [9.17, 15) is 14.4 Å². The number of aliphatic imine (C=N–C) groups is 1. The fraction of sp³-hybridized carbons (Fsp3) is 0.292. The summed E-state index contributed by atoms with van der Waals surface area (Å²) < 4.78 is 13.1. The van der Waals surface area contributed by atoms with E-state index in [0.29, 0.717) is 11.7 Å². The van der Waals surface area contributed by atoms with Crippen LogP contribution in [0.4, 0.5) is 15.8 Å². The number of hydrogen-bond donors (Lipinski definition) is 4. The van der Waals surface area contributed by atoms with E-state index < -0.39 is 17.3 Å². The molecule has 3 rings (SSSR count). The van der Waals surface area contributed by atoms with Gasteiger partial charge in [0, 0.05) is 23.5 Å². The quantitative estimate of drug-likeness (QED) is 0.287. The first-order valence-electron chi connectivity index (χ1n) is 10.5. The van der Waals surface area contributed by atoms with Crippen molar-refractivity contribution >= 4 is 23.1 Å². The lowest BCUT2D eigenvalue weighted by Gasteiger charge is -2.40. The number of nitrogens with two attached hydrogens (primary N) is 2. The van der Waals surface area contributed by atoms with Crippen molar-refractivity contribution in [3.8, 4) is 6.07 Å². The minimum absolute atomic E-state index is 0.0103. The molecule has 0 atom stereocenters. The summed E-state index contributed by atoms with van der Waals surface area (Å²) in [7, 11) is 0. The van der Waals surface area contributed by atoms with Gasteiger partial charge < -0.3 is 22.1 Å². The van der Waals surface area contributed by atoms with Crippen molar-refractivity contribution in [3.63, 3.8) is 0 Å². The molecule has 7 nitrogen and oxygen atoms in total. The first-order valence-corrected chi connectivity index (χ1v) is 10.5. The van der Waals surface area contributed by atoms with Crippen LogP contribution in [0.2, 0.25) is 0 Å². The van der Waals surface area contributed by atoms with E-state index in [-0.39, 0.29) is 17.8 Å². The van der Waals surface area contributed by atoms with Crippen molar-refractivity contribution in [1.29, 1.82) is 5.26 Å². The number of amides is 1. The van der Waals surface area contributed by atoms with Crippen LogP contribution in [0, 0.1) is 17.1 Å². The summed E-state index contributed by atoms with van der Waals surface area (Å²) in [6, 6.07) is 18.0. The number of nitrogens with one attached hydrogen (secondary N) is 2. The Balaban J connectivity index is 1.71. The molecule has 6 N–H and O–H groups in total.